The fraction of sp³-hybridized carbons (Fsp3) is 0.0571. The predicted molar refractivity (Wildman–Crippen MR) is 164 cm³/mol. The Morgan fingerprint density at radius 3 is 1.80 bits per heavy atom. The topological polar surface area (TPSA) is 81.2 Å². The average molecular weight is 516 g/mol. The summed E-state index contributed by atoms with van der Waals surface area (Å²) in [5.74, 6) is 0. The van der Waals surface area contributed by atoms with Crippen molar-refractivity contribution in [2.45, 2.75) is 13.8 Å². The molecule has 190 valence electrons. The number of hydrogen-bond acceptors (Lipinski definition) is 3. The van der Waals surface area contributed by atoms with Gasteiger partial charge in [-0.15, -0.1) is 0 Å². The summed E-state index contributed by atoms with van der Waals surface area (Å²) in [6.45, 7) is 4.16. The molecule has 5 nitrogen and oxygen atoms in total. The molecule has 0 saturated carbocycles. The van der Waals surface area contributed by atoms with E-state index in [4.69, 9.17) is 9.97 Å². The van der Waals surface area contributed by atoms with Gasteiger partial charge in [-0.25, -0.2) is 9.97 Å². The summed E-state index contributed by atoms with van der Waals surface area (Å²) < 4.78 is 0. The van der Waals surface area contributed by atoms with Crippen LogP contribution >= 0.6 is 0 Å². The number of aromatic amines is 2. The van der Waals surface area contributed by atoms with Crippen molar-refractivity contribution in [3.8, 4) is 28.3 Å². The molecule has 0 radical (unpaired) electrons. The average Bonchev–Trinajstić information content (AvgIpc) is 3.77. The molecule has 8 bridgehead atoms. The van der Waals surface area contributed by atoms with Crippen LogP contribution in [0.15, 0.2) is 78.9 Å². The predicted octanol–water partition coefficient (Wildman–Crippen LogP) is 8.48. The van der Waals surface area contributed by atoms with E-state index >= 15 is 0 Å². The van der Waals surface area contributed by atoms with E-state index in [0.717, 1.165) is 61.4 Å². The first kappa shape index (κ1) is 23.6. The van der Waals surface area contributed by atoms with E-state index in [9.17, 15) is 5.26 Å². The second-order valence-corrected chi connectivity index (χ2v) is 10.2. The molecule has 0 amide bonds. The minimum Gasteiger partial charge on any atom is -0.355 e. The van der Waals surface area contributed by atoms with E-state index in [1.54, 1.807) is 0 Å². The van der Waals surface area contributed by atoms with E-state index in [-0.39, 0.29) is 0 Å². The van der Waals surface area contributed by atoms with Crippen LogP contribution in [0.1, 0.15) is 39.5 Å². The molecule has 0 atom stereocenters. The lowest BCUT2D eigenvalue weighted by molar-refractivity contribution is 1.29. The van der Waals surface area contributed by atoms with Crippen molar-refractivity contribution in [3.05, 3.63) is 118 Å². The highest BCUT2D eigenvalue weighted by molar-refractivity contribution is 5.94. The van der Waals surface area contributed by atoms with Gasteiger partial charge in [0.15, 0.2) is 0 Å². The van der Waals surface area contributed by atoms with E-state index in [1.807, 2.05) is 36.4 Å². The van der Waals surface area contributed by atoms with Gasteiger partial charge in [0.05, 0.1) is 28.3 Å². The zero-order chi connectivity index (χ0) is 27.2. The van der Waals surface area contributed by atoms with Gasteiger partial charge in [-0.3, -0.25) is 0 Å². The number of benzene rings is 2. The minimum atomic E-state index is 0.493. The Bertz CT molecular complexity index is 2020. The molecule has 2 aliphatic heterocycles. The highest BCUT2D eigenvalue weighted by Crippen LogP contribution is 2.33. The van der Waals surface area contributed by atoms with Gasteiger partial charge < -0.3 is 9.97 Å². The monoisotopic (exact) mass is 515 g/mol. The molecule has 2 N–H and O–H groups in total. The summed E-state index contributed by atoms with van der Waals surface area (Å²) >= 11 is 0. The normalized spacial score (nSPS) is 12.0. The van der Waals surface area contributed by atoms with Crippen LogP contribution in [0.3, 0.4) is 0 Å². The molecule has 0 saturated heterocycles. The molecule has 0 aliphatic carbocycles. The van der Waals surface area contributed by atoms with Crippen molar-refractivity contribution in [1.82, 2.24) is 19.9 Å². The molecule has 2 aliphatic rings. The number of nitrogens with zero attached hydrogens (tertiary/aromatic N) is 3. The molecule has 2 aromatic carbocycles. The minimum absolute atomic E-state index is 0.493. The lowest BCUT2D eigenvalue weighted by atomic mass is 10.0. The van der Waals surface area contributed by atoms with Gasteiger partial charge in [0, 0.05) is 27.7 Å². The van der Waals surface area contributed by atoms with E-state index in [0.29, 0.717) is 11.3 Å². The van der Waals surface area contributed by atoms with Crippen LogP contribution in [0.25, 0.3) is 68.6 Å². The Labute approximate surface area is 231 Å². The molecule has 5 aromatic rings. The number of rotatable bonds is 2. The molecule has 5 heterocycles. The fourth-order valence-electron chi connectivity index (χ4n) is 5.30. The third-order valence-electron chi connectivity index (χ3n) is 7.37. The summed E-state index contributed by atoms with van der Waals surface area (Å²) in [7, 11) is 0. The van der Waals surface area contributed by atoms with Gasteiger partial charge in [0.2, 0.25) is 0 Å². The molecule has 0 spiro atoms. The quantitative estimate of drug-likeness (QED) is 0.242. The lowest BCUT2D eigenvalue weighted by Crippen LogP contribution is -1.88. The second kappa shape index (κ2) is 9.37. The maximum atomic E-state index is 10.3. The molecule has 0 unspecified atom stereocenters. The zero-order valence-corrected chi connectivity index (χ0v) is 22.2. The van der Waals surface area contributed by atoms with E-state index < -0.39 is 0 Å². The Morgan fingerprint density at radius 2 is 1.12 bits per heavy atom. The second-order valence-electron chi connectivity index (χ2n) is 10.2. The number of nitriles is 1. The summed E-state index contributed by atoms with van der Waals surface area (Å²) in [4.78, 5) is 17.1. The van der Waals surface area contributed by atoms with Crippen molar-refractivity contribution in [2.75, 3.05) is 0 Å². The Hall–Kier alpha value is -5.47. The van der Waals surface area contributed by atoms with Gasteiger partial charge in [-0.2, -0.15) is 5.26 Å². The third-order valence-corrected chi connectivity index (χ3v) is 7.37. The number of nitrogens with one attached hydrogen (secondary N) is 2. The molecule has 40 heavy (non-hydrogen) atoms. The highest BCUT2D eigenvalue weighted by Gasteiger charge is 2.15. The maximum absolute atomic E-state index is 10.3. The van der Waals surface area contributed by atoms with Crippen LogP contribution in [0, 0.1) is 25.2 Å². The number of hydrogen-bond donors (Lipinski definition) is 2. The van der Waals surface area contributed by atoms with Crippen LogP contribution in [0.4, 0.5) is 0 Å². The fourth-order valence-corrected chi connectivity index (χ4v) is 5.30. The number of H-pyrrole nitrogens is 2. The largest absolute Gasteiger partial charge is 0.355 e. The Balaban J connectivity index is 1.61. The summed E-state index contributed by atoms with van der Waals surface area (Å²) in [6.07, 6.45) is 8.00. The van der Waals surface area contributed by atoms with E-state index in [2.05, 4.69) is 96.6 Å². The van der Waals surface area contributed by atoms with E-state index in [1.165, 1.54) is 11.1 Å². The molecule has 3 aromatic heterocycles. The highest BCUT2D eigenvalue weighted by atomic mass is 14.8. The van der Waals surface area contributed by atoms with Crippen LogP contribution in [0.2, 0.25) is 0 Å². The molecular weight excluding hydrogens is 490 g/mol. The first-order valence-corrected chi connectivity index (χ1v) is 13.2. The van der Waals surface area contributed by atoms with Crippen LogP contribution in [0.5, 0.6) is 0 Å². The first-order valence-electron chi connectivity index (χ1n) is 13.2. The van der Waals surface area contributed by atoms with Gasteiger partial charge in [0.1, 0.15) is 11.6 Å². The van der Waals surface area contributed by atoms with Gasteiger partial charge in [-0.05, 0) is 79.6 Å². The zero-order valence-electron chi connectivity index (χ0n) is 22.2. The van der Waals surface area contributed by atoms with Crippen molar-refractivity contribution in [2.24, 2.45) is 0 Å². The molecule has 0 fully saturated rings. The maximum Gasteiger partial charge on any atom is 0.104 e. The smallest absolute Gasteiger partial charge is 0.104 e. The number of fused-ring (bicyclic) bond motifs is 8. The van der Waals surface area contributed by atoms with Crippen molar-refractivity contribution in [1.29, 1.82) is 5.26 Å². The first-order chi connectivity index (χ1) is 19.6. The lowest BCUT2D eigenvalue weighted by Gasteiger charge is -2.05. The van der Waals surface area contributed by atoms with Gasteiger partial charge >= 0.3 is 0 Å². The summed E-state index contributed by atoms with van der Waals surface area (Å²) in [6, 6.07) is 29.4. The van der Waals surface area contributed by atoms with Crippen LogP contribution in [-0.2, 0) is 0 Å². The standard InChI is InChI=1S/C35H25N5/c1-21-3-7-23(8-4-21)34-30-13-11-25(37-30)19-26-12-14-31(38-26)35(24-9-5-22(2)6-10-24)33-18-16-29(40-33)27(20-36)28-15-17-32(34)39-28/h3-19,37,40H,1-2H3. The van der Waals surface area contributed by atoms with Gasteiger partial charge in [0.25, 0.3) is 0 Å². The molecular formula is C35H25N5. The summed E-state index contributed by atoms with van der Waals surface area (Å²) in [5.41, 5.74) is 13.6. The number of aryl methyl sites for hydroxylation is 2. The third kappa shape index (κ3) is 4.13. The molecule has 7 rings (SSSR count). The van der Waals surface area contributed by atoms with Crippen LogP contribution in [-0.4, -0.2) is 19.9 Å². The molecule has 5 heteroatoms. The van der Waals surface area contributed by atoms with Crippen molar-refractivity contribution < 1.29 is 0 Å². The Kier molecular flexibility index (Phi) is 5.54. The summed E-state index contributed by atoms with van der Waals surface area (Å²) in [5, 5.41) is 10.3. The van der Waals surface area contributed by atoms with Gasteiger partial charge in [-0.1, -0.05) is 59.7 Å². The van der Waals surface area contributed by atoms with Crippen molar-refractivity contribution >= 4 is 46.4 Å². The number of aromatic nitrogens is 4. The van der Waals surface area contributed by atoms with Crippen LogP contribution < -0.4 is 0 Å². The Morgan fingerprint density at radius 1 is 0.575 bits per heavy atom. The SMILES string of the molecule is Cc1ccc(-c2c3nc(c(C#N)c4ccc([nH]4)c(-c4ccc(C)cc4)c4nc(cc5ccc2[nH]5)C=C4)C=C3)cc1. The van der Waals surface area contributed by atoms with Crippen molar-refractivity contribution in [3.63, 3.8) is 0 Å².